The monoisotopic (exact) mass is 312 g/mol. The normalized spacial score (nSPS) is 11.3. The molecule has 0 N–H and O–H groups in total. The van der Waals surface area contributed by atoms with Crippen LogP contribution in [-0.2, 0) is 21.4 Å². The van der Waals surface area contributed by atoms with Gasteiger partial charge in [-0.3, -0.25) is 4.79 Å². The molecule has 2 nitrogen and oxygen atoms in total. The van der Waals surface area contributed by atoms with Gasteiger partial charge in [-0.05, 0) is 44.2 Å². The molecule has 0 saturated carbocycles. The van der Waals surface area contributed by atoms with E-state index in [9.17, 15) is 4.79 Å². The standard InChI is InChI=1S/C15H21BrO2/c1-15(2,14(17)18-3)13-9-7-12(8-10-13)6-4-5-11-16/h7-10H,4-6,11H2,1-3H3. The van der Waals surface area contributed by atoms with E-state index in [1.165, 1.54) is 25.5 Å². The number of aryl methyl sites for hydroxylation is 1. The average molecular weight is 313 g/mol. The van der Waals surface area contributed by atoms with Crippen LogP contribution in [0.25, 0.3) is 0 Å². The molecule has 0 aliphatic rings. The summed E-state index contributed by atoms with van der Waals surface area (Å²) in [5.41, 5.74) is 1.74. The first-order valence-electron chi connectivity index (χ1n) is 6.26. The van der Waals surface area contributed by atoms with E-state index in [-0.39, 0.29) is 5.97 Å². The van der Waals surface area contributed by atoms with Gasteiger partial charge in [-0.15, -0.1) is 0 Å². The summed E-state index contributed by atoms with van der Waals surface area (Å²) in [5.74, 6) is -0.200. The third kappa shape index (κ3) is 3.84. The van der Waals surface area contributed by atoms with Crippen molar-refractivity contribution in [3.05, 3.63) is 35.4 Å². The van der Waals surface area contributed by atoms with Gasteiger partial charge < -0.3 is 4.74 Å². The molecule has 3 heteroatoms. The molecular weight excluding hydrogens is 292 g/mol. The fraction of sp³-hybridized carbons (Fsp3) is 0.533. The van der Waals surface area contributed by atoms with Crippen molar-refractivity contribution in [2.45, 2.75) is 38.5 Å². The zero-order valence-corrected chi connectivity index (χ0v) is 12.9. The lowest BCUT2D eigenvalue weighted by Gasteiger charge is -2.22. The van der Waals surface area contributed by atoms with Gasteiger partial charge in [-0.1, -0.05) is 40.2 Å². The topological polar surface area (TPSA) is 26.3 Å². The highest BCUT2D eigenvalue weighted by molar-refractivity contribution is 9.09. The third-order valence-corrected chi connectivity index (χ3v) is 3.78. The second-order valence-corrected chi connectivity index (χ2v) is 5.75. The van der Waals surface area contributed by atoms with Crippen molar-refractivity contribution in [1.29, 1.82) is 0 Å². The lowest BCUT2D eigenvalue weighted by Crippen LogP contribution is -2.30. The van der Waals surface area contributed by atoms with E-state index in [4.69, 9.17) is 4.74 Å². The number of benzene rings is 1. The summed E-state index contributed by atoms with van der Waals surface area (Å²) < 4.78 is 4.83. The van der Waals surface area contributed by atoms with Crippen molar-refractivity contribution in [2.24, 2.45) is 0 Å². The molecule has 0 fully saturated rings. The zero-order chi connectivity index (χ0) is 13.6. The molecule has 18 heavy (non-hydrogen) atoms. The Morgan fingerprint density at radius 3 is 2.33 bits per heavy atom. The number of hydrogen-bond acceptors (Lipinski definition) is 2. The van der Waals surface area contributed by atoms with Gasteiger partial charge >= 0.3 is 5.97 Å². The summed E-state index contributed by atoms with van der Waals surface area (Å²) in [4.78, 5) is 11.7. The summed E-state index contributed by atoms with van der Waals surface area (Å²) in [6.45, 7) is 3.78. The Morgan fingerprint density at radius 1 is 1.22 bits per heavy atom. The molecular formula is C15H21BrO2. The highest BCUT2D eigenvalue weighted by Crippen LogP contribution is 2.25. The number of carbonyl (C=O) groups is 1. The smallest absolute Gasteiger partial charge is 0.315 e. The molecule has 1 aromatic rings. The largest absolute Gasteiger partial charge is 0.468 e. The third-order valence-electron chi connectivity index (χ3n) is 3.22. The van der Waals surface area contributed by atoms with E-state index in [2.05, 4.69) is 28.1 Å². The van der Waals surface area contributed by atoms with Crippen LogP contribution in [0.5, 0.6) is 0 Å². The fourth-order valence-corrected chi connectivity index (χ4v) is 2.28. The van der Waals surface area contributed by atoms with Gasteiger partial charge in [0.15, 0.2) is 0 Å². The quantitative estimate of drug-likeness (QED) is 0.453. The minimum Gasteiger partial charge on any atom is -0.468 e. The maximum absolute atomic E-state index is 11.7. The molecule has 0 atom stereocenters. The number of ether oxygens (including phenoxy) is 1. The highest BCUT2D eigenvalue weighted by atomic mass is 79.9. The van der Waals surface area contributed by atoms with Crippen LogP contribution in [0.2, 0.25) is 0 Å². The number of unbranched alkanes of at least 4 members (excludes halogenated alkanes) is 1. The Morgan fingerprint density at radius 2 is 1.83 bits per heavy atom. The van der Waals surface area contributed by atoms with E-state index in [0.29, 0.717) is 0 Å². The minimum atomic E-state index is -0.580. The van der Waals surface area contributed by atoms with Crippen LogP contribution < -0.4 is 0 Å². The van der Waals surface area contributed by atoms with E-state index in [0.717, 1.165) is 17.3 Å². The van der Waals surface area contributed by atoms with Crippen molar-refractivity contribution in [3.8, 4) is 0 Å². The van der Waals surface area contributed by atoms with E-state index in [1.54, 1.807) is 0 Å². The van der Waals surface area contributed by atoms with Crippen LogP contribution in [-0.4, -0.2) is 18.4 Å². The summed E-state index contributed by atoms with van der Waals surface area (Å²) in [5, 5.41) is 1.06. The van der Waals surface area contributed by atoms with Gasteiger partial charge in [0.25, 0.3) is 0 Å². The Bertz CT molecular complexity index is 382. The summed E-state index contributed by atoms with van der Waals surface area (Å²) in [6.07, 6.45) is 3.46. The summed E-state index contributed by atoms with van der Waals surface area (Å²) in [6, 6.07) is 8.27. The predicted molar refractivity (Wildman–Crippen MR) is 78.2 cm³/mol. The Labute approximate surface area is 118 Å². The molecule has 0 bridgehead atoms. The van der Waals surface area contributed by atoms with Crippen LogP contribution in [0.1, 0.15) is 37.8 Å². The molecule has 0 aromatic heterocycles. The summed E-state index contributed by atoms with van der Waals surface area (Å²) >= 11 is 3.43. The van der Waals surface area contributed by atoms with Crippen LogP contribution in [0.15, 0.2) is 24.3 Å². The van der Waals surface area contributed by atoms with Crippen molar-refractivity contribution >= 4 is 21.9 Å². The van der Waals surface area contributed by atoms with Crippen LogP contribution in [0.4, 0.5) is 0 Å². The van der Waals surface area contributed by atoms with Crippen LogP contribution in [0, 0.1) is 0 Å². The lowest BCUT2D eigenvalue weighted by molar-refractivity contribution is -0.146. The summed E-state index contributed by atoms with van der Waals surface area (Å²) in [7, 11) is 1.43. The van der Waals surface area contributed by atoms with E-state index in [1.807, 2.05) is 26.0 Å². The van der Waals surface area contributed by atoms with Gasteiger partial charge in [0.2, 0.25) is 0 Å². The molecule has 1 aromatic carbocycles. The van der Waals surface area contributed by atoms with E-state index < -0.39 is 5.41 Å². The molecule has 0 aliphatic carbocycles. The number of hydrogen-bond donors (Lipinski definition) is 0. The number of esters is 1. The second kappa shape index (κ2) is 6.93. The average Bonchev–Trinajstić information content (AvgIpc) is 2.38. The SMILES string of the molecule is COC(=O)C(C)(C)c1ccc(CCCCBr)cc1. The van der Waals surface area contributed by atoms with Crippen molar-refractivity contribution in [3.63, 3.8) is 0 Å². The molecule has 0 aliphatic heterocycles. The molecule has 0 radical (unpaired) electrons. The molecule has 0 unspecified atom stereocenters. The molecule has 0 spiro atoms. The lowest BCUT2D eigenvalue weighted by atomic mass is 9.84. The number of rotatable bonds is 6. The Kier molecular flexibility index (Phi) is 5.86. The van der Waals surface area contributed by atoms with Gasteiger partial charge in [0, 0.05) is 5.33 Å². The predicted octanol–water partition coefficient (Wildman–Crippen LogP) is 3.85. The molecule has 0 heterocycles. The first kappa shape index (κ1) is 15.2. The van der Waals surface area contributed by atoms with Gasteiger partial charge in [0.05, 0.1) is 12.5 Å². The van der Waals surface area contributed by atoms with Gasteiger partial charge in [0.1, 0.15) is 0 Å². The van der Waals surface area contributed by atoms with Gasteiger partial charge in [-0.2, -0.15) is 0 Å². The Hall–Kier alpha value is -0.830. The fourth-order valence-electron chi connectivity index (χ4n) is 1.88. The van der Waals surface area contributed by atoms with Gasteiger partial charge in [-0.25, -0.2) is 0 Å². The second-order valence-electron chi connectivity index (χ2n) is 4.96. The number of alkyl halides is 1. The van der Waals surface area contributed by atoms with E-state index >= 15 is 0 Å². The first-order valence-corrected chi connectivity index (χ1v) is 7.38. The maximum Gasteiger partial charge on any atom is 0.315 e. The van der Waals surface area contributed by atoms with Crippen LogP contribution >= 0.6 is 15.9 Å². The highest BCUT2D eigenvalue weighted by Gasteiger charge is 2.30. The van der Waals surface area contributed by atoms with Crippen molar-refractivity contribution < 1.29 is 9.53 Å². The number of carbonyl (C=O) groups excluding carboxylic acids is 1. The van der Waals surface area contributed by atoms with Crippen molar-refractivity contribution in [1.82, 2.24) is 0 Å². The number of methoxy groups -OCH3 is 1. The zero-order valence-electron chi connectivity index (χ0n) is 11.3. The number of halogens is 1. The molecule has 1 rings (SSSR count). The van der Waals surface area contributed by atoms with Crippen molar-refractivity contribution in [2.75, 3.05) is 12.4 Å². The first-order chi connectivity index (χ1) is 8.52. The molecule has 100 valence electrons. The molecule has 0 saturated heterocycles. The Balaban J connectivity index is 2.73. The molecule has 0 amide bonds. The minimum absolute atomic E-state index is 0.200. The van der Waals surface area contributed by atoms with Crippen LogP contribution in [0.3, 0.4) is 0 Å². The maximum atomic E-state index is 11.7.